The lowest BCUT2D eigenvalue weighted by molar-refractivity contribution is 0.0940. The number of aliphatic hydroxyl groups excluding tert-OH is 1. The summed E-state index contributed by atoms with van der Waals surface area (Å²) >= 11 is 0. The number of rotatable bonds is 4. The molecule has 1 aromatic heterocycles. The van der Waals surface area contributed by atoms with Crippen LogP contribution < -0.4 is 16.6 Å². The van der Waals surface area contributed by atoms with Gasteiger partial charge in [-0.1, -0.05) is 12.1 Å². The molecule has 0 radical (unpaired) electrons. The lowest BCUT2D eigenvalue weighted by Gasteiger charge is -2.27. The summed E-state index contributed by atoms with van der Waals surface area (Å²) in [5.41, 5.74) is 4.37. The molecule has 0 spiro atoms. The number of aromatic hydroxyl groups is 1. The van der Waals surface area contributed by atoms with Crippen molar-refractivity contribution in [1.82, 2.24) is 14.9 Å². The molecule has 1 aromatic carbocycles. The average Bonchev–Trinajstić information content (AvgIpc) is 2.83. The molecule has 0 saturated heterocycles. The number of nitrogens with zero attached hydrogens (tertiary/aromatic N) is 2. The van der Waals surface area contributed by atoms with Crippen LogP contribution in [-0.2, 0) is 18.6 Å². The molecule has 1 amide bonds. The van der Waals surface area contributed by atoms with E-state index in [2.05, 4.69) is 10.3 Å². The third-order valence-electron chi connectivity index (χ3n) is 4.71. The van der Waals surface area contributed by atoms with Crippen molar-refractivity contribution >= 4 is 5.91 Å². The van der Waals surface area contributed by atoms with E-state index in [-0.39, 0.29) is 12.4 Å². The molecule has 2 heterocycles. The number of nitrogens with one attached hydrogen (secondary N) is 1. The normalized spacial score (nSPS) is 19.2. The number of fused-ring (bicyclic) bond motifs is 1. The second kappa shape index (κ2) is 7.45. The number of amides is 1. The number of carbonyl (C=O) groups is 1. The summed E-state index contributed by atoms with van der Waals surface area (Å²) in [6, 6.07) is 5.53. The molecule has 2 aromatic rings. The zero-order valence-corrected chi connectivity index (χ0v) is 14.6. The molecule has 5 N–H and O–H groups in total. The van der Waals surface area contributed by atoms with Crippen molar-refractivity contribution in [3.8, 4) is 5.75 Å². The van der Waals surface area contributed by atoms with Crippen LogP contribution in [-0.4, -0.2) is 32.3 Å². The first-order chi connectivity index (χ1) is 12.9. The molecule has 1 aliphatic heterocycles. The second-order valence-electron chi connectivity index (χ2n) is 6.67. The number of carbonyl (C=O) groups excluding carboxylic acids is 1. The van der Waals surface area contributed by atoms with Gasteiger partial charge in [0.1, 0.15) is 11.6 Å². The molecule has 144 valence electrons. The molecular formula is C18H21FN4O4. The standard InChI is InChI=1S/C18H21FN4O4/c19-12-5-3-11(4-6-12)9-21-15(26)13-14(25)16(27)23-8-2-1-7-18(20,10-24)17(23)22-13/h3-6,24-25H,1-2,7-10,20H2,(H,21,26). The minimum Gasteiger partial charge on any atom is -0.501 e. The Morgan fingerprint density at radius 3 is 2.70 bits per heavy atom. The first-order valence-corrected chi connectivity index (χ1v) is 8.62. The van der Waals surface area contributed by atoms with E-state index in [9.17, 15) is 24.2 Å². The predicted octanol–water partition coefficient (Wildman–Crippen LogP) is 0.348. The number of halogens is 1. The summed E-state index contributed by atoms with van der Waals surface area (Å²) in [5, 5.41) is 22.4. The van der Waals surface area contributed by atoms with E-state index in [0.29, 0.717) is 31.4 Å². The minimum atomic E-state index is -1.27. The predicted molar refractivity (Wildman–Crippen MR) is 94.5 cm³/mol. The Kier molecular flexibility index (Phi) is 5.24. The van der Waals surface area contributed by atoms with Crippen LogP contribution in [0, 0.1) is 5.82 Å². The molecule has 9 heteroatoms. The molecule has 1 aliphatic rings. The Bertz CT molecular complexity index is 913. The highest BCUT2D eigenvalue weighted by Gasteiger charge is 2.35. The molecular weight excluding hydrogens is 355 g/mol. The van der Waals surface area contributed by atoms with Crippen LogP contribution in [0.1, 0.15) is 41.1 Å². The molecule has 0 bridgehead atoms. The maximum absolute atomic E-state index is 12.9. The van der Waals surface area contributed by atoms with Crippen molar-refractivity contribution in [3.63, 3.8) is 0 Å². The zero-order chi connectivity index (χ0) is 19.6. The third-order valence-corrected chi connectivity index (χ3v) is 4.71. The molecule has 3 rings (SSSR count). The Labute approximate surface area is 154 Å². The first kappa shape index (κ1) is 19.0. The molecule has 0 saturated carbocycles. The lowest BCUT2D eigenvalue weighted by atomic mass is 9.94. The van der Waals surface area contributed by atoms with Crippen molar-refractivity contribution in [1.29, 1.82) is 0 Å². The van der Waals surface area contributed by atoms with Crippen LogP contribution >= 0.6 is 0 Å². The summed E-state index contributed by atoms with van der Waals surface area (Å²) in [6.07, 6.45) is 1.72. The number of aliphatic hydroxyl groups is 1. The fourth-order valence-corrected chi connectivity index (χ4v) is 3.13. The fraction of sp³-hybridized carbons (Fsp3) is 0.389. The van der Waals surface area contributed by atoms with Gasteiger partial charge in [-0.05, 0) is 37.0 Å². The van der Waals surface area contributed by atoms with Crippen LogP contribution in [0.2, 0.25) is 0 Å². The third kappa shape index (κ3) is 3.69. The van der Waals surface area contributed by atoms with E-state index in [1.54, 1.807) is 0 Å². The van der Waals surface area contributed by atoms with Gasteiger partial charge in [0.05, 0.1) is 12.1 Å². The highest BCUT2D eigenvalue weighted by molar-refractivity contribution is 5.94. The van der Waals surface area contributed by atoms with Crippen molar-refractivity contribution in [2.75, 3.05) is 6.61 Å². The van der Waals surface area contributed by atoms with Gasteiger partial charge in [-0.15, -0.1) is 0 Å². The zero-order valence-electron chi connectivity index (χ0n) is 14.6. The van der Waals surface area contributed by atoms with E-state index in [1.165, 1.54) is 28.8 Å². The van der Waals surface area contributed by atoms with Gasteiger partial charge in [0, 0.05) is 13.1 Å². The van der Waals surface area contributed by atoms with E-state index < -0.39 is 40.9 Å². The smallest absolute Gasteiger partial charge is 0.296 e. The topological polar surface area (TPSA) is 130 Å². The molecule has 0 aliphatic carbocycles. The number of hydrogen-bond acceptors (Lipinski definition) is 6. The van der Waals surface area contributed by atoms with Crippen LogP contribution in [0.5, 0.6) is 5.75 Å². The van der Waals surface area contributed by atoms with Crippen LogP contribution in [0.3, 0.4) is 0 Å². The summed E-state index contributed by atoms with van der Waals surface area (Å²) < 4.78 is 14.2. The van der Waals surface area contributed by atoms with Gasteiger partial charge in [-0.2, -0.15) is 0 Å². The van der Waals surface area contributed by atoms with Gasteiger partial charge >= 0.3 is 0 Å². The Morgan fingerprint density at radius 1 is 1.33 bits per heavy atom. The second-order valence-corrected chi connectivity index (χ2v) is 6.67. The maximum Gasteiger partial charge on any atom is 0.296 e. The van der Waals surface area contributed by atoms with Gasteiger partial charge < -0.3 is 21.3 Å². The highest BCUT2D eigenvalue weighted by Crippen LogP contribution is 2.27. The highest BCUT2D eigenvalue weighted by atomic mass is 19.1. The van der Waals surface area contributed by atoms with E-state index in [4.69, 9.17) is 5.73 Å². The Hall–Kier alpha value is -2.78. The van der Waals surface area contributed by atoms with Crippen molar-refractivity contribution < 1.29 is 19.4 Å². The van der Waals surface area contributed by atoms with Gasteiger partial charge in [0.25, 0.3) is 11.5 Å². The first-order valence-electron chi connectivity index (χ1n) is 8.62. The van der Waals surface area contributed by atoms with Gasteiger partial charge in [-0.25, -0.2) is 9.37 Å². The lowest BCUT2D eigenvalue weighted by Crippen LogP contribution is -2.46. The molecule has 27 heavy (non-hydrogen) atoms. The number of aromatic nitrogens is 2. The monoisotopic (exact) mass is 376 g/mol. The quantitative estimate of drug-likeness (QED) is 0.609. The number of nitrogens with two attached hydrogens (primary N) is 1. The van der Waals surface area contributed by atoms with E-state index in [0.717, 1.165) is 0 Å². The van der Waals surface area contributed by atoms with Gasteiger partial charge in [-0.3, -0.25) is 14.2 Å². The van der Waals surface area contributed by atoms with Crippen LogP contribution in [0.25, 0.3) is 0 Å². The Balaban J connectivity index is 1.93. The Morgan fingerprint density at radius 2 is 2.04 bits per heavy atom. The molecule has 1 atom stereocenters. The number of benzene rings is 1. The van der Waals surface area contributed by atoms with Crippen molar-refractivity contribution in [2.45, 2.75) is 37.9 Å². The van der Waals surface area contributed by atoms with Crippen molar-refractivity contribution in [3.05, 3.63) is 57.5 Å². The maximum atomic E-state index is 12.9. The van der Waals surface area contributed by atoms with Gasteiger partial charge in [0.2, 0.25) is 5.75 Å². The summed E-state index contributed by atoms with van der Waals surface area (Å²) in [6.45, 7) is -0.0849. The summed E-state index contributed by atoms with van der Waals surface area (Å²) in [5.74, 6) is -1.84. The SMILES string of the molecule is NC1(CO)CCCCn2c1nc(C(=O)NCc1ccc(F)cc1)c(O)c2=O. The largest absolute Gasteiger partial charge is 0.501 e. The fourth-order valence-electron chi connectivity index (χ4n) is 3.13. The van der Waals surface area contributed by atoms with Crippen molar-refractivity contribution in [2.24, 2.45) is 5.73 Å². The average molecular weight is 376 g/mol. The summed E-state index contributed by atoms with van der Waals surface area (Å²) in [4.78, 5) is 29.1. The molecule has 1 unspecified atom stereocenters. The van der Waals surface area contributed by atoms with Crippen LogP contribution in [0.15, 0.2) is 29.1 Å². The number of hydrogen-bond donors (Lipinski definition) is 4. The summed E-state index contributed by atoms with van der Waals surface area (Å²) in [7, 11) is 0. The molecule has 0 fully saturated rings. The van der Waals surface area contributed by atoms with Crippen LogP contribution in [0.4, 0.5) is 4.39 Å². The molecule has 8 nitrogen and oxygen atoms in total. The van der Waals surface area contributed by atoms with Gasteiger partial charge in [0.15, 0.2) is 5.69 Å². The van der Waals surface area contributed by atoms with E-state index >= 15 is 0 Å². The minimum absolute atomic E-state index is 0.0619. The van der Waals surface area contributed by atoms with E-state index in [1.807, 2.05) is 0 Å².